The first-order valence-electron chi connectivity index (χ1n) is 12.0. The second-order valence-corrected chi connectivity index (χ2v) is 10.5. The maximum atomic E-state index is 13.6. The summed E-state index contributed by atoms with van der Waals surface area (Å²) in [6.07, 6.45) is 0.699. The zero-order chi connectivity index (χ0) is 25.9. The highest BCUT2D eigenvalue weighted by Crippen LogP contribution is 2.46. The summed E-state index contributed by atoms with van der Waals surface area (Å²) in [6, 6.07) is 26.5. The fourth-order valence-corrected chi connectivity index (χ4v) is 6.08. The average molecular weight is 528 g/mol. The molecule has 3 aromatic carbocycles. The monoisotopic (exact) mass is 527 g/mol. The van der Waals surface area contributed by atoms with Gasteiger partial charge in [0.05, 0.1) is 22.2 Å². The van der Waals surface area contributed by atoms with E-state index in [2.05, 4.69) is 5.32 Å². The van der Waals surface area contributed by atoms with Crippen molar-refractivity contribution in [2.24, 2.45) is 0 Å². The van der Waals surface area contributed by atoms with Crippen molar-refractivity contribution in [3.05, 3.63) is 107 Å². The lowest BCUT2D eigenvalue weighted by atomic mass is 10.1. The van der Waals surface area contributed by atoms with E-state index in [0.29, 0.717) is 39.0 Å². The van der Waals surface area contributed by atoms with Crippen LogP contribution in [0.4, 0.5) is 5.69 Å². The van der Waals surface area contributed by atoms with E-state index in [-0.39, 0.29) is 30.3 Å². The molecule has 2 aliphatic heterocycles. The molecule has 5 rings (SSSR count). The number of carbonyl (C=O) groups excluding carboxylic acids is 3. The molecule has 3 amide bonds. The molecule has 1 saturated heterocycles. The van der Waals surface area contributed by atoms with Crippen LogP contribution in [-0.4, -0.2) is 40.0 Å². The fraction of sp³-hybridized carbons (Fsp3) is 0.172. The average Bonchev–Trinajstić information content (AvgIpc) is 3.36. The maximum absolute atomic E-state index is 13.6. The second-order valence-electron chi connectivity index (χ2n) is 8.83. The van der Waals surface area contributed by atoms with Crippen LogP contribution in [-0.2, 0) is 20.8 Å². The molecule has 2 aliphatic rings. The van der Waals surface area contributed by atoms with E-state index >= 15 is 0 Å². The highest BCUT2D eigenvalue weighted by atomic mass is 32.2. The Balaban J connectivity index is 1.37. The van der Waals surface area contributed by atoms with Crippen LogP contribution < -0.4 is 10.2 Å². The number of anilines is 1. The van der Waals surface area contributed by atoms with Crippen molar-refractivity contribution in [2.45, 2.75) is 19.4 Å². The standard InChI is InChI=1S/C29H25N3O3S2/c1-19(21-12-6-3-7-13-21)32-28(35)26(37-29(32)36)25-22-14-8-9-15-23(22)31(27(25)34)18-24(33)30-17-16-20-10-4-2-5-11-20/h2-15,19H,16-18H2,1H3,(H,30,33)/b26-25-. The summed E-state index contributed by atoms with van der Waals surface area (Å²) in [5.41, 5.74) is 3.63. The Hall–Kier alpha value is -3.75. The van der Waals surface area contributed by atoms with E-state index < -0.39 is 0 Å². The number of rotatable bonds is 7. The number of thiocarbonyl (C=S) groups is 1. The van der Waals surface area contributed by atoms with Crippen LogP contribution in [0, 0.1) is 0 Å². The largest absolute Gasteiger partial charge is 0.354 e. The molecule has 0 saturated carbocycles. The van der Waals surface area contributed by atoms with Gasteiger partial charge in [-0.1, -0.05) is 103 Å². The number of para-hydroxylation sites is 1. The maximum Gasteiger partial charge on any atom is 0.267 e. The Labute approximate surface area is 225 Å². The molecule has 2 heterocycles. The summed E-state index contributed by atoms with van der Waals surface area (Å²) in [6.45, 7) is 2.26. The van der Waals surface area contributed by atoms with Gasteiger partial charge in [-0.15, -0.1) is 0 Å². The fourth-order valence-electron chi connectivity index (χ4n) is 4.59. The summed E-state index contributed by atoms with van der Waals surface area (Å²) in [4.78, 5) is 43.3. The molecule has 1 atom stereocenters. The topological polar surface area (TPSA) is 69.7 Å². The Kier molecular flexibility index (Phi) is 7.21. The third kappa shape index (κ3) is 4.95. The van der Waals surface area contributed by atoms with Gasteiger partial charge >= 0.3 is 0 Å². The summed E-state index contributed by atoms with van der Waals surface area (Å²) >= 11 is 6.72. The van der Waals surface area contributed by atoms with Gasteiger partial charge in [0.15, 0.2) is 0 Å². The van der Waals surface area contributed by atoms with E-state index in [1.807, 2.05) is 85.8 Å². The molecule has 186 valence electrons. The predicted octanol–water partition coefficient (Wildman–Crippen LogP) is 4.72. The minimum Gasteiger partial charge on any atom is -0.354 e. The predicted molar refractivity (Wildman–Crippen MR) is 151 cm³/mol. The van der Waals surface area contributed by atoms with E-state index in [9.17, 15) is 14.4 Å². The molecular weight excluding hydrogens is 502 g/mol. The molecule has 3 aromatic rings. The van der Waals surface area contributed by atoms with Crippen molar-refractivity contribution >= 4 is 57.3 Å². The molecule has 0 radical (unpaired) electrons. The molecule has 0 aliphatic carbocycles. The highest BCUT2D eigenvalue weighted by Gasteiger charge is 2.43. The third-order valence-electron chi connectivity index (χ3n) is 6.50. The van der Waals surface area contributed by atoms with Gasteiger partial charge in [0.1, 0.15) is 10.9 Å². The minimum absolute atomic E-state index is 0.130. The van der Waals surface area contributed by atoms with Crippen LogP contribution in [0.3, 0.4) is 0 Å². The van der Waals surface area contributed by atoms with E-state index in [4.69, 9.17) is 12.2 Å². The van der Waals surface area contributed by atoms with Crippen molar-refractivity contribution in [1.82, 2.24) is 10.2 Å². The summed E-state index contributed by atoms with van der Waals surface area (Å²) in [5, 5.41) is 2.90. The lowest BCUT2D eigenvalue weighted by Gasteiger charge is -2.23. The van der Waals surface area contributed by atoms with Gasteiger partial charge in [-0.2, -0.15) is 0 Å². The molecule has 1 unspecified atom stereocenters. The number of hydrogen-bond acceptors (Lipinski definition) is 5. The summed E-state index contributed by atoms with van der Waals surface area (Å²) < 4.78 is 0.409. The lowest BCUT2D eigenvalue weighted by Crippen LogP contribution is -2.39. The first-order valence-corrected chi connectivity index (χ1v) is 13.2. The van der Waals surface area contributed by atoms with Crippen LogP contribution in [0.2, 0.25) is 0 Å². The van der Waals surface area contributed by atoms with Gasteiger partial charge < -0.3 is 5.32 Å². The Morgan fingerprint density at radius 2 is 1.57 bits per heavy atom. The number of carbonyl (C=O) groups is 3. The highest BCUT2D eigenvalue weighted by molar-refractivity contribution is 8.26. The third-order valence-corrected chi connectivity index (χ3v) is 7.90. The Morgan fingerprint density at radius 3 is 2.30 bits per heavy atom. The van der Waals surface area contributed by atoms with Gasteiger partial charge in [0.2, 0.25) is 5.91 Å². The van der Waals surface area contributed by atoms with Gasteiger partial charge in [-0.25, -0.2) is 0 Å². The molecule has 37 heavy (non-hydrogen) atoms. The van der Waals surface area contributed by atoms with Crippen LogP contribution in [0.1, 0.15) is 29.7 Å². The van der Waals surface area contributed by atoms with Crippen LogP contribution in [0.5, 0.6) is 0 Å². The Morgan fingerprint density at radius 1 is 0.919 bits per heavy atom. The van der Waals surface area contributed by atoms with Gasteiger partial charge in [-0.3, -0.25) is 24.2 Å². The number of fused-ring (bicyclic) bond motifs is 1. The van der Waals surface area contributed by atoms with Crippen LogP contribution in [0.25, 0.3) is 5.57 Å². The van der Waals surface area contributed by atoms with Crippen molar-refractivity contribution in [3.63, 3.8) is 0 Å². The van der Waals surface area contributed by atoms with Crippen molar-refractivity contribution in [2.75, 3.05) is 18.0 Å². The molecule has 0 aromatic heterocycles. The summed E-state index contributed by atoms with van der Waals surface area (Å²) in [5.74, 6) is -0.920. The first-order chi connectivity index (χ1) is 18.0. The number of benzene rings is 3. The van der Waals surface area contributed by atoms with E-state index in [1.165, 1.54) is 4.90 Å². The quantitative estimate of drug-likeness (QED) is 0.356. The Bertz CT molecular complexity index is 1410. The molecule has 0 bridgehead atoms. The zero-order valence-corrected chi connectivity index (χ0v) is 21.9. The SMILES string of the molecule is CC(c1ccccc1)N1C(=O)/C(=C2/C(=O)N(CC(=O)NCCc3ccccc3)c3ccccc32)SC1=S. The first kappa shape index (κ1) is 24.9. The van der Waals surface area contributed by atoms with Gasteiger partial charge in [0, 0.05) is 12.1 Å². The zero-order valence-electron chi connectivity index (χ0n) is 20.2. The minimum atomic E-state index is -0.368. The van der Waals surface area contributed by atoms with Crippen LogP contribution >= 0.6 is 24.0 Å². The number of nitrogens with one attached hydrogen (secondary N) is 1. The van der Waals surface area contributed by atoms with Crippen LogP contribution in [0.15, 0.2) is 89.8 Å². The number of amides is 3. The smallest absolute Gasteiger partial charge is 0.267 e. The molecule has 1 fully saturated rings. The number of thioether (sulfide) groups is 1. The van der Waals surface area contributed by atoms with Crippen molar-refractivity contribution in [3.8, 4) is 0 Å². The second kappa shape index (κ2) is 10.7. The van der Waals surface area contributed by atoms with Crippen molar-refractivity contribution in [1.29, 1.82) is 0 Å². The van der Waals surface area contributed by atoms with E-state index in [1.54, 1.807) is 11.0 Å². The molecular formula is C29H25N3O3S2. The lowest BCUT2D eigenvalue weighted by molar-refractivity contribution is -0.123. The molecule has 6 nitrogen and oxygen atoms in total. The molecule has 1 N–H and O–H groups in total. The van der Waals surface area contributed by atoms with Gasteiger partial charge in [-0.05, 0) is 30.5 Å². The molecule has 8 heteroatoms. The molecule has 0 spiro atoms. The number of nitrogens with zero attached hydrogens (tertiary/aromatic N) is 2. The number of hydrogen-bond donors (Lipinski definition) is 1. The van der Waals surface area contributed by atoms with Gasteiger partial charge in [0.25, 0.3) is 11.8 Å². The normalized spacial score (nSPS) is 17.8. The van der Waals surface area contributed by atoms with Crippen molar-refractivity contribution < 1.29 is 14.4 Å². The van der Waals surface area contributed by atoms with E-state index in [0.717, 1.165) is 22.9 Å². The summed E-state index contributed by atoms with van der Waals surface area (Å²) in [7, 11) is 0.